The zero-order valence-corrected chi connectivity index (χ0v) is 9.12. The summed E-state index contributed by atoms with van der Waals surface area (Å²) in [6, 6.07) is 3.77. The SMILES string of the molecule is COc1ccc(NCc2cncs2)cn1. The van der Waals surface area contributed by atoms with Gasteiger partial charge in [-0.25, -0.2) is 4.98 Å². The molecule has 4 nitrogen and oxygen atoms in total. The van der Waals surface area contributed by atoms with E-state index in [9.17, 15) is 0 Å². The van der Waals surface area contributed by atoms with Crippen LogP contribution in [0.4, 0.5) is 5.69 Å². The largest absolute Gasteiger partial charge is 0.481 e. The summed E-state index contributed by atoms with van der Waals surface area (Å²) in [5, 5.41) is 3.25. The second kappa shape index (κ2) is 4.75. The highest BCUT2D eigenvalue weighted by atomic mass is 32.1. The number of nitrogens with zero attached hydrogens (tertiary/aromatic N) is 2. The lowest BCUT2D eigenvalue weighted by atomic mass is 10.4. The first-order valence-electron chi connectivity index (χ1n) is 4.50. The summed E-state index contributed by atoms with van der Waals surface area (Å²) in [4.78, 5) is 9.30. The summed E-state index contributed by atoms with van der Waals surface area (Å²) < 4.78 is 4.97. The molecular formula is C10H11N3OS. The summed E-state index contributed by atoms with van der Waals surface area (Å²) in [6.07, 6.45) is 3.61. The van der Waals surface area contributed by atoms with Gasteiger partial charge in [-0.05, 0) is 6.07 Å². The Kier molecular flexibility index (Phi) is 3.14. The van der Waals surface area contributed by atoms with E-state index >= 15 is 0 Å². The molecule has 0 radical (unpaired) electrons. The molecule has 0 aliphatic heterocycles. The van der Waals surface area contributed by atoms with E-state index in [0.717, 1.165) is 12.2 Å². The van der Waals surface area contributed by atoms with Crippen LogP contribution in [0.1, 0.15) is 4.88 Å². The van der Waals surface area contributed by atoms with E-state index in [2.05, 4.69) is 15.3 Å². The Balaban J connectivity index is 1.93. The maximum Gasteiger partial charge on any atom is 0.213 e. The maximum absolute atomic E-state index is 4.97. The highest BCUT2D eigenvalue weighted by molar-refractivity contribution is 7.09. The lowest BCUT2D eigenvalue weighted by Gasteiger charge is -2.04. The zero-order chi connectivity index (χ0) is 10.5. The number of pyridine rings is 1. The molecule has 0 fully saturated rings. The molecule has 0 spiro atoms. The fourth-order valence-electron chi connectivity index (χ4n) is 1.12. The van der Waals surface area contributed by atoms with Crippen molar-refractivity contribution in [1.29, 1.82) is 0 Å². The quantitative estimate of drug-likeness (QED) is 0.859. The van der Waals surface area contributed by atoms with Gasteiger partial charge in [-0.15, -0.1) is 11.3 Å². The van der Waals surface area contributed by atoms with Gasteiger partial charge in [0.1, 0.15) is 0 Å². The minimum atomic E-state index is 0.623. The van der Waals surface area contributed by atoms with E-state index in [0.29, 0.717) is 5.88 Å². The van der Waals surface area contributed by atoms with Crippen LogP contribution in [0.15, 0.2) is 30.0 Å². The molecule has 0 bridgehead atoms. The van der Waals surface area contributed by atoms with Crippen molar-refractivity contribution in [2.24, 2.45) is 0 Å². The molecule has 0 saturated carbocycles. The van der Waals surface area contributed by atoms with Crippen molar-refractivity contribution in [3.05, 3.63) is 34.9 Å². The molecule has 1 N–H and O–H groups in total. The van der Waals surface area contributed by atoms with Crippen LogP contribution in [0.2, 0.25) is 0 Å². The molecule has 0 atom stereocenters. The Morgan fingerprint density at radius 2 is 2.33 bits per heavy atom. The Morgan fingerprint density at radius 3 is 2.93 bits per heavy atom. The van der Waals surface area contributed by atoms with Crippen LogP contribution in [-0.2, 0) is 6.54 Å². The molecule has 0 saturated heterocycles. The summed E-state index contributed by atoms with van der Waals surface area (Å²) in [7, 11) is 1.60. The van der Waals surface area contributed by atoms with Crippen molar-refractivity contribution in [3.63, 3.8) is 0 Å². The Bertz CT molecular complexity index is 399. The minimum Gasteiger partial charge on any atom is -0.481 e. The van der Waals surface area contributed by atoms with Crippen LogP contribution >= 0.6 is 11.3 Å². The summed E-state index contributed by atoms with van der Waals surface area (Å²) in [6.45, 7) is 0.776. The van der Waals surface area contributed by atoms with Crippen LogP contribution in [-0.4, -0.2) is 17.1 Å². The molecule has 0 aliphatic carbocycles. The van der Waals surface area contributed by atoms with Gasteiger partial charge in [-0.1, -0.05) is 0 Å². The average molecular weight is 221 g/mol. The first-order chi connectivity index (χ1) is 7.38. The second-order valence-electron chi connectivity index (χ2n) is 2.91. The molecule has 2 heterocycles. The van der Waals surface area contributed by atoms with Crippen LogP contribution in [0.25, 0.3) is 0 Å². The van der Waals surface area contributed by atoms with Gasteiger partial charge in [0.2, 0.25) is 5.88 Å². The fourth-order valence-corrected chi connectivity index (χ4v) is 1.66. The van der Waals surface area contributed by atoms with Gasteiger partial charge in [0.05, 0.1) is 31.0 Å². The second-order valence-corrected chi connectivity index (χ2v) is 3.88. The zero-order valence-electron chi connectivity index (χ0n) is 8.30. The van der Waals surface area contributed by atoms with Gasteiger partial charge in [-0.3, -0.25) is 4.98 Å². The van der Waals surface area contributed by atoms with Crippen molar-refractivity contribution in [2.75, 3.05) is 12.4 Å². The van der Waals surface area contributed by atoms with Gasteiger partial charge in [0.15, 0.2) is 0 Å². The molecule has 0 aliphatic rings. The lowest BCUT2D eigenvalue weighted by molar-refractivity contribution is 0.398. The molecule has 0 unspecified atom stereocenters. The number of anilines is 1. The molecule has 0 aromatic carbocycles. The third-order valence-electron chi connectivity index (χ3n) is 1.90. The Morgan fingerprint density at radius 1 is 1.40 bits per heavy atom. The maximum atomic E-state index is 4.97. The smallest absolute Gasteiger partial charge is 0.213 e. The predicted molar refractivity (Wildman–Crippen MR) is 60.2 cm³/mol. The van der Waals surface area contributed by atoms with E-state index in [1.807, 2.05) is 23.8 Å². The predicted octanol–water partition coefficient (Wildman–Crippen LogP) is 2.16. The highest BCUT2D eigenvalue weighted by Crippen LogP contribution is 2.13. The van der Waals surface area contributed by atoms with E-state index in [4.69, 9.17) is 4.74 Å². The molecule has 2 aromatic rings. The minimum absolute atomic E-state index is 0.623. The van der Waals surface area contributed by atoms with Crippen LogP contribution in [0.3, 0.4) is 0 Å². The first-order valence-corrected chi connectivity index (χ1v) is 5.38. The monoisotopic (exact) mass is 221 g/mol. The molecule has 0 amide bonds. The number of rotatable bonds is 4. The number of hydrogen-bond donors (Lipinski definition) is 1. The van der Waals surface area contributed by atoms with Gasteiger partial charge in [0.25, 0.3) is 0 Å². The summed E-state index contributed by atoms with van der Waals surface area (Å²) in [5.41, 5.74) is 2.80. The van der Waals surface area contributed by atoms with Crippen LogP contribution < -0.4 is 10.1 Å². The van der Waals surface area contributed by atoms with Gasteiger partial charge in [0, 0.05) is 17.1 Å². The number of nitrogens with one attached hydrogen (secondary N) is 1. The number of thiazole rings is 1. The summed E-state index contributed by atoms with van der Waals surface area (Å²) in [5.74, 6) is 0.623. The average Bonchev–Trinajstić information content (AvgIpc) is 2.80. The normalized spacial score (nSPS) is 9.93. The summed E-state index contributed by atoms with van der Waals surface area (Å²) >= 11 is 1.63. The van der Waals surface area contributed by atoms with Crippen molar-refractivity contribution in [3.8, 4) is 5.88 Å². The highest BCUT2D eigenvalue weighted by Gasteiger charge is 1.96. The number of ether oxygens (including phenoxy) is 1. The molecule has 15 heavy (non-hydrogen) atoms. The van der Waals surface area contributed by atoms with E-state index in [-0.39, 0.29) is 0 Å². The third kappa shape index (κ3) is 2.66. The standard InChI is InChI=1S/C10H11N3OS/c1-14-10-3-2-8(4-13-10)12-6-9-5-11-7-15-9/h2-5,7,12H,6H2,1H3. The van der Waals surface area contributed by atoms with Crippen molar-refractivity contribution in [1.82, 2.24) is 9.97 Å². The van der Waals surface area contributed by atoms with E-state index in [1.54, 1.807) is 24.6 Å². The van der Waals surface area contributed by atoms with E-state index < -0.39 is 0 Å². The topological polar surface area (TPSA) is 47.0 Å². The molecular weight excluding hydrogens is 210 g/mol. The molecule has 5 heteroatoms. The molecule has 2 rings (SSSR count). The first kappa shape index (κ1) is 9.92. The van der Waals surface area contributed by atoms with Gasteiger partial charge >= 0.3 is 0 Å². The van der Waals surface area contributed by atoms with Gasteiger partial charge in [-0.2, -0.15) is 0 Å². The number of methoxy groups -OCH3 is 1. The number of aromatic nitrogens is 2. The number of hydrogen-bond acceptors (Lipinski definition) is 5. The molecule has 2 aromatic heterocycles. The third-order valence-corrected chi connectivity index (χ3v) is 2.68. The van der Waals surface area contributed by atoms with Crippen molar-refractivity contribution in [2.45, 2.75) is 6.54 Å². The van der Waals surface area contributed by atoms with E-state index in [1.165, 1.54) is 4.88 Å². The van der Waals surface area contributed by atoms with Crippen molar-refractivity contribution >= 4 is 17.0 Å². The lowest BCUT2D eigenvalue weighted by Crippen LogP contribution is -1.98. The van der Waals surface area contributed by atoms with Crippen LogP contribution in [0.5, 0.6) is 5.88 Å². The Labute approximate surface area is 92.0 Å². The van der Waals surface area contributed by atoms with Gasteiger partial charge < -0.3 is 10.1 Å². The van der Waals surface area contributed by atoms with Crippen molar-refractivity contribution < 1.29 is 4.74 Å². The molecule has 78 valence electrons. The van der Waals surface area contributed by atoms with Crippen LogP contribution in [0, 0.1) is 0 Å². The Hall–Kier alpha value is -1.62. The fraction of sp³-hybridized carbons (Fsp3) is 0.200.